The second-order valence-corrected chi connectivity index (χ2v) is 5.37. The van der Waals surface area contributed by atoms with Gasteiger partial charge in [0.1, 0.15) is 0 Å². The Balaban J connectivity index is 1.67. The number of nitrogens with zero attached hydrogens (tertiary/aromatic N) is 1. The molecule has 1 N–H and O–H groups in total. The molecule has 0 atom stereocenters. The van der Waals surface area contributed by atoms with Crippen LogP contribution in [-0.4, -0.2) is 4.57 Å². The molecule has 3 aromatic rings. The highest BCUT2D eigenvalue weighted by molar-refractivity contribution is 6.30. The standard InChI is InChI=1S/C18H17ClN2/c19-16-8-10-17(11-9-16)21-12-4-7-18(21)14-20-13-15-5-2-1-3-6-15/h1-12,20H,13-14H2. The summed E-state index contributed by atoms with van der Waals surface area (Å²) in [5, 5.41) is 4.24. The van der Waals surface area contributed by atoms with Crippen LogP contribution in [-0.2, 0) is 13.1 Å². The maximum atomic E-state index is 5.94. The zero-order valence-electron chi connectivity index (χ0n) is 11.7. The van der Waals surface area contributed by atoms with Gasteiger partial charge in [-0.25, -0.2) is 0 Å². The lowest BCUT2D eigenvalue weighted by atomic mass is 10.2. The van der Waals surface area contributed by atoms with Crippen molar-refractivity contribution >= 4 is 11.6 Å². The highest BCUT2D eigenvalue weighted by Gasteiger charge is 2.03. The molecule has 0 saturated heterocycles. The second-order valence-electron chi connectivity index (χ2n) is 4.94. The lowest BCUT2D eigenvalue weighted by Crippen LogP contribution is -2.15. The predicted molar refractivity (Wildman–Crippen MR) is 87.8 cm³/mol. The summed E-state index contributed by atoms with van der Waals surface area (Å²) in [5.74, 6) is 0. The van der Waals surface area contributed by atoms with Crippen molar-refractivity contribution in [3.63, 3.8) is 0 Å². The molecule has 0 spiro atoms. The van der Waals surface area contributed by atoms with Crippen molar-refractivity contribution in [1.29, 1.82) is 0 Å². The molecule has 0 unspecified atom stereocenters. The van der Waals surface area contributed by atoms with Gasteiger partial charge in [-0.05, 0) is 42.0 Å². The van der Waals surface area contributed by atoms with E-state index in [4.69, 9.17) is 11.6 Å². The maximum absolute atomic E-state index is 5.94. The lowest BCUT2D eigenvalue weighted by Gasteiger charge is -2.10. The maximum Gasteiger partial charge on any atom is 0.0453 e. The summed E-state index contributed by atoms with van der Waals surface area (Å²) < 4.78 is 2.17. The first-order valence-electron chi connectivity index (χ1n) is 7.00. The van der Waals surface area contributed by atoms with Gasteiger partial charge in [-0.15, -0.1) is 0 Å². The summed E-state index contributed by atoms with van der Waals surface area (Å²) in [6, 6.07) is 22.5. The molecule has 1 heterocycles. The fourth-order valence-electron chi connectivity index (χ4n) is 2.34. The summed E-state index contributed by atoms with van der Waals surface area (Å²) in [6.45, 7) is 1.69. The van der Waals surface area contributed by atoms with E-state index in [1.165, 1.54) is 11.3 Å². The molecule has 0 aliphatic carbocycles. The summed E-state index contributed by atoms with van der Waals surface area (Å²) in [6.07, 6.45) is 2.07. The van der Waals surface area contributed by atoms with E-state index in [1.807, 2.05) is 30.3 Å². The van der Waals surface area contributed by atoms with Crippen molar-refractivity contribution in [2.24, 2.45) is 0 Å². The first kappa shape index (κ1) is 13.9. The van der Waals surface area contributed by atoms with E-state index in [9.17, 15) is 0 Å². The first-order chi connectivity index (χ1) is 10.3. The minimum absolute atomic E-state index is 0.759. The van der Waals surface area contributed by atoms with Gasteiger partial charge < -0.3 is 9.88 Å². The third kappa shape index (κ3) is 3.54. The number of rotatable bonds is 5. The monoisotopic (exact) mass is 296 g/mol. The topological polar surface area (TPSA) is 17.0 Å². The lowest BCUT2D eigenvalue weighted by molar-refractivity contribution is 0.669. The third-order valence-corrected chi connectivity index (χ3v) is 3.67. The average molecular weight is 297 g/mol. The Bertz CT molecular complexity index is 687. The van der Waals surface area contributed by atoms with E-state index >= 15 is 0 Å². The molecular formula is C18H17ClN2. The van der Waals surface area contributed by atoms with E-state index in [0.29, 0.717) is 0 Å². The Hall–Kier alpha value is -2.03. The quantitative estimate of drug-likeness (QED) is 0.737. The van der Waals surface area contributed by atoms with Gasteiger partial charge in [0.2, 0.25) is 0 Å². The predicted octanol–water partition coefficient (Wildman–Crippen LogP) is 4.42. The van der Waals surface area contributed by atoms with Crippen molar-refractivity contribution < 1.29 is 0 Å². The molecule has 0 radical (unpaired) electrons. The molecule has 0 bridgehead atoms. The largest absolute Gasteiger partial charge is 0.320 e. The van der Waals surface area contributed by atoms with E-state index in [0.717, 1.165) is 23.8 Å². The third-order valence-electron chi connectivity index (χ3n) is 3.42. The van der Waals surface area contributed by atoms with Crippen LogP contribution >= 0.6 is 11.6 Å². The summed E-state index contributed by atoms with van der Waals surface area (Å²) in [4.78, 5) is 0. The van der Waals surface area contributed by atoms with Gasteiger partial charge in [-0.2, -0.15) is 0 Å². The van der Waals surface area contributed by atoms with Crippen LogP contribution in [0.25, 0.3) is 5.69 Å². The highest BCUT2D eigenvalue weighted by atomic mass is 35.5. The average Bonchev–Trinajstić information content (AvgIpc) is 2.98. The van der Waals surface area contributed by atoms with Gasteiger partial charge >= 0.3 is 0 Å². The number of hydrogen-bond acceptors (Lipinski definition) is 1. The first-order valence-corrected chi connectivity index (χ1v) is 7.37. The molecule has 3 rings (SSSR count). The van der Waals surface area contributed by atoms with Gasteiger partial charge in [0.15, 0.2) is 0 Å². The van der Waals surface area contributed by atoms with E-state index in [-0.39, 0.29) is 0 Å². The molecule has 1 aromatic heterocycles. The van der Waals surface area contributed by atoms with E-state index in [2.05, 4.69) is 52.5 Å². The van der Waals surface area contributed by atoms with Crippen LogP contribution in [0.3, 0.4) is 0 Å². The van der Waals surface area contributed by atoms with Crippen LogP contribution in [0, 0.1) is 0 Å². The van der Waals surface area contributed by atoms with E-state index < -0.39 is 0 Å². The van der Waals surface area contributed by atoms with Crippen LogP contribution in [0.4, 0.5) is 0 Å². The normalized spacial score (nSPS) is 10.7. The van der Waals surface area contributed by atoms with Crippen molar-refractivity contribution in [3.8, 4) is 5.69 Å². The van der Waals surface area contributed by atoms with Crippen molar-refractivity contribution in [1.82, 2.24) is 9.88 Å². The Labute approximate surface area is 130 Å². The summed E-state index contributed by atoms with van der Waals surface area (Å²) >= 11 is 5.94. The van der Waals surface area contributed by atoms with Gasteiger partial charge in [0, 0.05) is 35.7 Å². The number of halogens is 1. The van der Waals surface area contributed by atoms with Gasteiger partial charge in [-0.1, -0.05) is 41.9 Å². The molecule has 0 saturated carbocycles. The Kier molecular flexibility index (Phi) is 4.39. The Morgan fingerprint density at radius 2 is 1.57 bits per heavy atom. The summed E-state index contributed by atoms with van der Waals surface area (Å²) in [7, 11) is 0. The Morgan fingerprint density at radius 3 is 2.33 bits per heavy atom. The molecule has 0 aliphatic rings. The van der Waals surface area contributed by atoms with Crippen LogP contribution in [0.5, 0.6) is 0 Å². The van der Waals surface area contributed by atoms with Gasteiger partial charge in [0.25, 0.3) is 0 Å². The van der Waals surface area contributed by atoms with Crippen LogP contribution in [0.15, 0.2) is 72.9 Å². The molecule has 3 heteroatoms. The SMILES string of the molecule is Clc1ccc(-n2cccc2CNCc2ccccc2)cc1. The zero-order chi connectivity index (χ0) is 14.5. The van der Waals surface area contributed by atoms with Crippen molar-refractivity contribution in [3.05, 3.63) is 89.2 Å². The van der Waals surface area contributed by atoms with Crippen LogP contribution < -0.4 is 5.32 Å². The number of aromatic nitrogens is 1. The fourth-order valence-corrected chi connectivity index (χ4v) is 2.47. The van der Waals surface area contributed by atoms with Gasteiger partial charge in [0.05, 0.1) is 0 Å². The molecule has 0 fully saturated rings. The van der Waals surface area contributed by atoms with Crippen LogP contribution in [0.1, 0.15) is 11.3 Å². The number of nitrogens with one attached hydrogen (secondary N) is 1. The summed E-state index contributed by atoms with van der Waals surface area (Å²) in [5.41, 5.74) is 3.65. The molecule has 0 aliphatic heterocycles. The number of hydrogen-bond donors (Lipinski definition) is 1. The molecule has 0 amide bonds. The number of benzene rings is 2. The Morgan fingerprint density at radius 1 is 0.810 bits per heavy atom. The molecule has 106 valence electrons. The second kappa shape index (κ2) is 6.61. The van der Waals surface area contributed by atoms with Crippen molar-refractivity contribution in [2.45, 2.75) is 13.1 Å². The molecular weight excluding hydrogens is 280 g/mol. The molecule has 2 nitrogen and oxygen atoms in total. The smallest absolute Gasteiger partial charge is 0.0453 e. The van der Waals surface area contributed by atoms with Crippen molar-refractivity contribution in [2.75, 3.05) is 0 Å². The highest BCUT2D eigenvalue weighted by Crippen LogP contribution is 2.16. The van der Waals surface area contributed by atoms with E-state index in [1.54, 1.807) is 0 Å². The van der Waals surface area contributed by atoms with Gasteiger partial charge in [-0.3, -0.25) is 0 Å². The fraction of sp³-hybridized carbons (Fsp3) is 0.111. The minimum atomic E-state index is 0.759. The molecule has 2 aromatic carbocycles. The minimum Gasteiger partial charge on any atom is -0.320 e. The van der Waals surface area contributed by atoms with Crippen LogP contribution in [0.2, 0.25) is 5.02 Å². The zero-order valence-corrected chi connectivity index (χ0v) is 12.4. The molecule has 21 heavy (non-hydrogen) atoms.